The van der Waals surface area contributed by atoms with Gasteiger partial charge in [0.25, 0.3) is 0 Å². The molecule has 1 atom stereocenters. The van der Waals surface area contributed by atoms with Crippen LogP contribution in [-0.2, 0) is 28.2 Å². The average Bonchev–Trinajstić information content (AvgIpc) is 3.07. The van der Waals surface area contributed by atoms with E-state index < -0.39 is 32.5 Å². The second kappa shape index (κ2) is 35.1. The van der Waals surface area contributed by atoms with Crippen molar-refractivity contribution >= 4 is 19.8 Å². The predicted molar refractivity (Wildman–Crippen MR) is 202 cm³/mol. The first-order chi connectivity index (χ1) is 23.8. The van der Waals surface area contributed by atoms with Crippen LogP contribution in [0.1, 0.15) is 136 Å². The molecule has 0 aliphatic rings. The zero-order valence-electron chi connectivity index (χ0n) is 30.3. The number of phosphoric ester groups is 1. The van der Waals surface area contributed by atoms with Crippen LogP contribution in [0, 0.1) is 0 Å². The van der Waals surface area contributed by atoms with Crippen molar-refractivity contribution in [3.05, 3.63) is 85.1 Å². The van der Waals surface area contributed by atoms with Crippen molar-refractivity contribution in [3.63, 3.8) is 0 Å². The Morgan fingerprint density at radius 2 is 1.00 bits per heavy atom. The van der Waals surface area contributed by atoms with E-state index in [0.717, 1.165) is 77.0 Å². The lowest BCUT2D eigenvalue weighted by atomic mass is 10.1. The molecule has 0 aliphatic carbocycles. The van der Waals surface area contributed by atoms with E-state index in [-0.39, 0.29) is 19.4 Å². The lowest BCUT2D eigenvalue weighted by molar-refractivity contribution is -0.161. The van der Waals surface area contributed by atoms with E-state index in [1.54, 1.807) is 0 Å². The molecule has 9 heteroatoms. The number of ether oxygens (including phenoxy) is 2. The van der Waals surface area contributed by atoms with E-state index in [9.17, 15) is 14.2 Å². The van der Waals surface area contributed by atoms with Crippen molar-refractivity contribution in [2.24, 2.45) is 0 Å². The molecule has 2 N–H and O–H groups in total. The number of hydrogen-bond donors (Lipinski definition) is 2. The fourth-order valence-electron chi connectivity index (χ4n) is 4.42. The van der Waals surface area contributed by atoms with Gasteiger partial charge in [-0.15, -0.1) is 0 Å². The van der Waals surface area contributed by atoms with Crippen LogP contribution in [0.3, 0.4) is 0 Å². The fourth-order valence-corrected chi connectivity index (χ4v) is 4.78. The first kappa shape index (κ1) is 46.2. The summed E-state index contributed by atoms with van der Waals surface area (Å²) in [6, 6.07) is 0. The Labute approximate surface area is 297 Å². The Kier molecular flexibility index (Phi) is 33.1. The third-order valence-electron chi connectivity index (χ3n) is 7.15. The lowest BCUT2D eigenvalue weighted by Crippen LogP contribution is -2.29. The van der Waals surface area contributed by atoms with Crippen molar-refractivity contribution < 1.29 is 37.9 Å². The number of allylic oxidation sites excluding steroid dienone is 14. The second-order valence-electron chi connectivity index (χ2n) is 11.8. The van der Waals surface area contributed by atoms with E-state index >= 15 is 0 Å². The molecular formula is C40H65O8P. The van der Waals surface area contributed by atoms with Crippen molar-refractivity contribution in [1.29, 1.82) is 0 Å². The summed E-state index contributed by atoms with van der Waals surface area (Å²) in [6.07, 6.45) is 45.9. The van der Waals surface area contributed by atoms with Gasteiger partial charge in [-0.25, -0.2) is 4.57 Å². The van der Waals surface area contributed by atoms with Gasteiger partial charge in [0, 0.05) is 12.8 Å². The molecule has 0 radical (unpaired) electrons. The van der Waals surface area contributed by atoms with Crippen LogP contribution in [0.15, 0.2) is 85.1 Å². The van der Waals surface area contributed by atoms with Crippen LogP contribution in [0.25, 0.3) is 0 Å². The van der Waals surface area contributed by atoms with E-state index in [4.69, 9.17) is 19.3 Å². The Morgan fingerprint density at radius 1 is 0.551 bits per heavy atom. The highest BCUT2D eigenvalue weighted by Gasteiger charge is 2.22. The fraction of sp³-hybridized carbons (Fsp3) is 0.600. The summed E-state index contributed by atoms with van der Waals surface area (Å²) in [6.45, 7) is 3.44. The average molecular weight is 705 g/mol. The monoisotopic (exact) mass is 704 g/mol. The number of hydrogen-bond acceptors (Lipinski definition) is 6. The van der Waals surface area contributed by atoms with Gasteiger partial charge in [-0.1, -0.05) is 131 Å². The third-order valence-corrected chi connectivity index (χ3v) is 7.63. The molecule has 0 aromatic rings. The molecule has 0 rings (SSSR count). The molecule has 0 aromatic carbocycles. The number of carbonyl (C=O) groups excluding carboxylic acids is 2. The number of phosphoric acid groups is 1. The summed E-state index contributed by atoms with van der Waals surface area (Å²) in [4.78, 5) is 42.6. The van der Waals surface area contributed by atoms with Gasteiger partial charge >= 0.3 is 19.8 Å². The van der Waals surface area contributed by atoms with Crippen LogP contribution < -0.4 is 0 Å². The summed E-state index contributed by atoms with van der Waals surface area (Å²) < 4.78 is 26.2. The standard InChI is InChI=1S/C40H65O8P/c1-3-5-7-9-11-13-15-17-19-20-21-23-25-27-29-31-33-35-40(42)48-38(37-47-49(43,44)45)36-46-39(41)34-32-30-28-26-24-22-18-16-14-12-10-8-6-4-2/h5,7,10-13,16-19,21,23,27,29,38H,3-4,6,8-9,14-15,20,22,24-26,28,30-37H2,1-2H3,(H2,43,44,45)/b7-5+,12-10+,13-11+,18-16+,19-17+,23-21+,29-27+/t38-/m1/s1. The SMILES string of the molecule is CC/C=C/C/C=C/C/C=C/C/C=C/C/C=C/CCCC(=O)O[C@H](COC(=O)CCCCCCC/C=C/C/C=C/CCCC)COP(=O)(O)O. The van der Waals surface area contributed by atoms with Crippen LogP contribution in [0.4, 0.5) is 0 Å². The van der Waals surface area contributed by atoms with Crippen LogP contribution >= 0.6 is 7.82 Å². The molecule has 49 heavy (non-hydrogen) atoms. The van der Waals surface area contributed by atoms with Gasteiger partial charge in [0.1, 0.15) is 6.61 Å². The molecule has 0 fully saturated rings. The van der Waals surface area contributed by atoms with Crippen molar-refractivity contribution in [3.8, 4) is 0 Å². The molecule has 0 amide bonds. The van der Waals surface area contributed by atoms with Crippen LogP contribution in [-0.4, -0.2) is 41.0 Å². The van der Waals surface area contributed by atoms with Crippen LogP contribution in [0.5, 0.6) is 0 Å². The topological polar surface area (TPSA) is 119 Å². The molecular weight excluding hydrogens is 639 g/mol. The highest BCUT2D eigenvalue weighted by atomic mass is 31.2. The maximum Gasteiger partial charge on any atom is 0.469 e. The maximum absolute atomic E-state index is 12.3. The van der Waals surface area contributed by atoms with Gasteiger partial charge in [0.15, 0.2) is 6.10 Å². The minimum absolute atomic E-state index is 0.126. The third kappa shape index (κ3) is 37.9. The molecule has 0 saturated carbocycles. The van der Waals surface area contributed by atoms with Crippen molar-refractivity contribution in [2.75, 3.05) is 13.2 Å². The summed E-state index contributed by atoms with van der Waals surface area (Å²) in [5, 5.41) is 0. The second-order valence-corrected chi connectivity index (χ2v) is 13.0. The van der Waals surface area contributed by atoms with Gasteiger partial charge in [0.05, 0.1) is 6.61 Å². The predicted octanol–water partition coefficient (Wildman–Crippen LogP) is 10.9. The van der Waals surface area contributed by atoms with E-state index in [0.29, 0.717) is 19.3 Å². The summed E-state index contributed by atoms with van der Waals surface area (Å²) in [5.74, 6) is -0.980. The zero-order chi connectivity index (χ0) is 36.1. The molecule has 0 bridgehead atoms. The van der Waals surface area contributed by atoms with Crippen molar-refractivity contribution in [1.82, 2.24) is 0 Å². The molecule has 0 aliphatic heterocycles. The summed E-state index contributed by atoms with van der Waals surface area (Å²) in [5.41, 5.74) is 0. The smallest absolute Gasteiger partial charge is 0.462 e. The highest BCUT2D eigenvalue weighted by molar-refractivity contribution is 7.46. The normalized spacial score (nSPS) is 13.5. The quantitative estimate of drug-likeness (QED) is 0.0307. The van der Waals surface area contributed by atoms with E-state index in [2.05, 4.69) is 91.3 Å². The minimum Gasteiger partial charge on any atom is -0.462 e. The van der Waals surface area contributed by atoms with Crippen LogP contribution in [0.2, 0.25) is 0 Å². The Balaban J connectivity index is 4.14. The number of esters is 2. The van der Waals surface area contributed by atoms with Crippen molar-refractivity contribution in [2.45, 2.75) is 142 Å². The molecule has 278 valence electrons. The Bertz CT molecular complexity index is 1060. The molecule has 0 unspecified atom stereocenters. The van der Waals surface area contributed by atoms with Gasteiger partial charge in [-0.3, -0.25) is 14.1 Å². The summed E-state index contributed by atoms with van der Waals surface area (Å²) in [7, 11) is -4.77. The maximum atomic E-state index is 12.3. The summed E-state index contributed by atoms with van der Waals surface area (Å²) >= 11 is 0. The molecule has 0 aromatic heterocycles. The lowest BCUT2D eigenvalue weighted by Gasteiger charge is -2.18. The van der Waals surface area contributed by atoms with E-state index in [1.807, 2.05) is 12.2 Å². The van der Waals surface area contributed by atoms with E-state index in [1.165, 1.54) is 12.8 Å². The van der Waals surface area contributed by atoms with Gasteiger partial charge in [-0.05, 0) is 77.0 Å². The molecule has 0 heterocycles. The largest absolute Gasteiger partial charge is 0.469 e. The zero-order valence-corrected chi connectivity index (χ0v) is 31.2. The van der Waals surface area contributed by atoms with Gasteiger partial charge in [0.2, 0.25) is 0 Å². The minimum atomic E-state index is -4.77. The number of rotatable bonds is 32. The molecule has 0 saturated heterocycles. The molecule has 0 spiro atoms. The highest BCUT2D eigenvalue weighted by Crippen LogP contribution is 2.35. The van der Waals surface area contributed by atoms with Gasteiger partial charge in [-0.2, -0.15) is 0 Å². The Hall–Kier alpha value is -2.77. The Morgan fingerprint density at radius 3 is 1.53 bits per heavy atom. The molecule has 8 nitrogen and oxygen atoms in total. The number of unbranched alkanes of at least 4 members (excludes halogenated alkanes) is 8. The van der Waals surface area contributed by atoms with Gasteiger partial charge < -0.3 is 19.3 Å². The number of carbonyl (C=O) groups is 2. The first-order valence-electron chi connectivity index (χ1n) is 18.4. The first-order valence-corrected chi connectivity index (χ1v) is 19.9.